The number of hydrogen-bond acceptors (Lipinski definition) is 2. The highest BCUT2D eigenvalue weighted by Gasteiger charge is 2.23. The third kappa shape index (κ3) is 3.58. The van der Waals surface area contributed by atoms with E-state index in [1.165, 1.54) is 57.3 Å². The summed E-state index contributed by atoms with van der Waals surface area (Å²) in [6.45, 7) is 4.86. The predicted molar refractivity (Wildman–Crippen MR) is 80.2 cm³/mol. The molecule has 2 fully saturated rings. The molecule has 1 saturated heterocycles. The van der Waals surface area contributed by atoms with E-state index >= 15 is 0 Å². The Morgan fingerprint density at radius 1 is 1.05 bits per heavy atom. The minimum atomic E-state index is 0.526. The van der Waals surface area contributed by atoms with Gasteiger partial charge < -0.3 is 5.32 Å². The number of piperazine rings is 1. The van der Waals surface area contributed by atoms with Gasteiger partial charge in [-0.3, -0.25) is 4.90 Å². The fraction of sp³-hybridized carbons (Fsp3) is 0.647. The van der Waals surface area contributed by atoms with E-state index < -0.39 is 0 Å². The number of nitrogens with one attached hydrogen (secondary N) is 1. The van der Waals surface area contributed by atoms with Crippen LogP contribution >= 0.6 is 0 Å². The molecule has 2 heteroatoms. The van der Waals surface area contributed by atoms with E-state index in [9.17, 15) is 0 Å². The number of benzene rings is 1. The second-order valence-corrected chi connectivity index (χ2v) is 6.18. The molecule has 2 nitrogen and oxygen atoms in total. The molecule has 1 saturated carbocycles. The van der Waals surface area contributed by atoms with E-state index in [1.807, 2.05) is 0 Å². The standard InChI is InChI=1S/C17H26N2/c1-3-7-15(8-4-1)13-19-12-11-18-17(14-19)16-9-5-2-6-10-16/h2,5-6,9-10,15,17-18H,1,3-4,7-8,11-14H2. The van der Waals surface area contributed by atoms with Crippen molar-refractivity contribution in [2.45, 2.75) is 38.1 Å². The maximum absolute atomic E-state index is 3.66. The lowest BCUT2D eigenvalue weighted by Crippen LogP contribution is -2.47. The first-order valence-corrected chi connectivity index (χ1v) is 7.92. The molecule has 1 heterocycles. The normalized spacial score (nSPS) is 26.4. The molecule has 3 rings (SSSR count). The van der Waals surface area contributed by atoms with Crippen LogP contribution in [0.3, 0.4) is 0 Å². The second kappa shape index (κ2) is 6.53. The van der Waals surface area contributed by atoms with Crippen molar-refractivity contribution in [1.29, 1.82) is 0 Å². The van der Waals surface area contributed by atoms with Crippen LogP contribution in [0.4, 0.5) is 0 Å². The molecule has 1 aromatic carbocycles. The van der Waals surface area contributed by atoms with Gasteiger partial charge >= 0.3 is 0 Å². The quantitative estimate of drug-likeness (QED) is 0.895. The Labute approximate surface area is 117 Å². The van der Waals surface area contributed by atoms with Crippen LogP contribution in [0, 0.1) is 5.92 Å². The van der Waals surface area contributed by atoms with Crippen molar-refractivity contribution < 1.29 is 0 Å². The third-order valence-corrected chi connectivity index (χ3v) is 4.70. The number of hydrogen-bond donors (Lipinski definition) is 1. The topological polar surface area (TPSA) is 15.3 Å². The summed E-state index contributed by atoms with van der Waals surface area (Å²) < 4.78 is 0. The van der Waals surface area contributed by atoms with E-state index in [2.05, 4.69) is 40.5 Å². The Kier molecular flexibility index (Phi) is 4.52. The molecule has 1 aromatic rings. The van der Waals surface area contributed by atoms with Gasteiger partial charge in [0.1, 0.15) is 0 Å². The molecule has 19 heavy (non-hydrogen) atoms. The molecule has 1 N–H and O–H groups in total. The van der Waals surface area contributed by atoms with E-state index in [1.54, 1.807) is 0 Å². The Morgan fingerprint density at radius 2 is 1.84 bits per heavy atom. The third-order valence-electron chi connectivity index (χ3n) is 4.70. The van der Waals surface area contributed by atoms with Gasteiger partial charge in [0.15, 0.2) is 0 Å². The van der Waals surface area contributed by atoms with Crippen molar-refractivity contribution in [3.05, 3.63) is 35.9 Å². The zero-order valence-electron chi connectivity index (χ0n) is 11.9. The lowest BCUT2D eigenvalue weighted by atomic mass is 9.88. The first kappa shape index (κ1) is 13.1. The summed E-state index contributed by atoms with van der Waals surface area (Å²) >= 11 is 0. The highest BCUT2D eigenvalue weighted by atomic mass is 15.2. The van der Waals surface area contributed by atoms with Crippen LogP contribution in [-0.2, 0) is 0 Å². The van der Waals surface area contributed by atoms with Gasteiger partial charge in [0.2, 0.25) is 0 Å². The smallest absolute Gasteiger partial charge is 0.0449 e. The highest BCUT2D eigenvalue weighted by Crippen LogP contribution is 2.26. The zero-order chi connectivity index (χ0) is 12.9. The zero-order valence-corrected chi connectivity index (χ0v) is 11.9. The molecule has 1 aliphatic heterocycles. The van der Waals surface area contributed by atoms with E-state index in [0.717, 1.165) is 12.5 Å². The summed E-state index contributed by atoms with van der Waals surface area (Å²) in [6, 6.07) is 11.4. The van der Waals surface area contributed by atoms with Gasteiger partial charge in [-0.1, -0.05) is 49.6 Å². The van der Waals surface area contributed by atoms with Crippen molar-refractivity contribution in [1.82, 2.24) is 10.2 Å². The Bertz CT molecular complexity index is 370. The van der Waals surface area contributed by atoms with Gasteiger partial charge in [-0.2, -0.15) is 0 Å². The van der Waals surface area contributed by atoms with Crippen molar-refractivity contribution in [3.8, 4) is 0 Å². The summed E-state index contributed by atoms with van der Waals surface area (Å²) in [5.41, 5.74) is 1.44. The lowest BCUT2D eigenvalue weighted by Gasteiger charge is -2.37. The number of rotatable bonds is 3. The maximum atomic E-state index is 3.66. The molecule has 0 bridgehead atoms. The summed E-state index contributed by atoms with van der Waals surface area (Å²) in [6.07, 6.45) is 7.29. The van der Waals surface area contributed by atoms with E-state index in [4.69, 9.17) is 0 Å². The molecule has 0 amide bonds. The van der Waals surface area contributed by atoms with Crippen LogP contribution < -0.4 is 5.32 Å². The highest BCUT2D eigenvalue weighted by molar-refractivity contribution is 5.19. The monoisotopic (exact) mass is 258 g/mol. The summed E-state index contributed by atoms with van der Waals surface area (Å²) in [7, 11) is 0. The minimum absolute atomic E-state index is 0.526. The molecular weight excluding hydrogens is 232 g/mol. The summed E-state index contributed by atoms with van der Waals surface area (Å²) in [5.74, 6) is 0.961. The molecule has 1 unspecified atom stereocenters. The fourth-order valence-electron chi connectivity index (χ4n) is 3.62. The molecule has 1 aliphatic carbocycles. The van der Waals surface area contributed by atoms with Crippen molar-refractivity contribution in [2.75, 3.05) is 26.2 Å². The van der Waals surface area contributed by atoms with Gasteiger partial charge in [0, 0.05) is 32.2 Å². The van der Waals surface area contributed by atoms with Crippen LogP contribution in [0.1, 0.15) is 43.7 Å². The molecule has 0 aromatic heterocycles. The van der Waals surface area contributed by atoms with Crippen LogP contribution in [0.15, 0.2) is 30.3 Å². The van der Waals surface area contributed by atoms with E-state index in [-0.39, 0.29) is 0 Å². The Hall–Kier alpha value is -0.860. The predicted octanol–water partition coefficient (Wildman–Crippen LogP) is 3.21. The van der Waals surface area contributed by atoms with E-state index in [0.29, 0.717) is 6.04 Å². The SMILES string of the molecule is c1ccc(C2CN(CC3CCCCC3)CCN2)cc1. The van der Waals surface area contributed by atoms with Crippen LogP contribution in [0.5, 0.6) is 0 Å². The maximum Gasteiger partial charge on any atom is 0.0449 e. The Morgan fingerprint density at radius 3 is 2.63 bits per heavy atom. The first-order chi connectivity index (χ1) is 9.42. The van der Waals surface area contributed by atoms with Gasteiger partial charge in [-0.05, 0) is 24.3 Å². The Balaban J connectivity index is 1.55. The van der Waals surface area contributed by atoms with Crippen molar-refractivity contribution >= 4 is 0 Å². The molecule has 2 aliphatic rings. The van der Waals surface area contributed by atoms with Gasteiger partial charge in [0.25, 0.3) is 0 Å². The lowest BCUT2D eigenvalue weighted by molar-refractivity contribution is 0.156. The van der Waals surface area contributed by atoms with Gasteiger partial charge in [-0.15, -0.1) is 0 Å². The first-order valence-electron chi connectivity index (χ1n) is 7.92. The van der Waals surface area contributed by atoms with Gasteiger partial charge in [-0.25, -0.2) is 0 Å². The van der Waals surface area contributed by atoms with Crippen molar-refractivity contribution in [2.24, 2.45) is 5.92 Å². The van der Waals surface area contributed by atoms with Crippen LogP contribution in [0.2, 0.25) is 0 Å². The molecule has 1 atom stereocenters. The largest absolute Gasteiger partial charge is 0.308 e. The molecule has 104 valence electrons. The second-order valence-electron chi connectivity index (χ2n) is 6.18. The molecular formula is C17H26N2. The summed E-state index contributed by atoms with van der Waals surface area (Å²) in [4.78, 5) is 2.68. The van der Waals surface area contributed by atoms with Crippen LogP contribution in [-0.4, -0.2) is 31.1 Å². The fourth-order valence-corrected chi connectivity index (χ4v) is 3.62. The van der Waals surface area contributed by atoms with Crippen molar-refractivity contribution in [3.63, 3.8) is 0 Å². The average Bonchev–Trinajstić information content (AvgIpc) is 2.49. The number of nitrogens with zero attached hydrogens (tertiary/aromatic N) is 1. The van der Waals surface area contributed by atoms with Gasteiger partial charge in [0.05, 0.1) is 0 Å². The molecule has 0 radical (unpaired) electrons. The van der Waals surface area contributed by atoms with Crippen LogP contribution in [0.25, 0.3) is 0 Å². The molecule has 0 spiro atoms. The minimum Gasteiger partial charge on any atom is -0.308 e. The average molecular weight is 258 g/mol. The summed E-state index contributed by atoms with van der Waals surface area (Å²) in [5, 5.41) is 3.66.